The van der Waals surface area contributed by atoms with E-state index in [0.29, 0.717) is 25.3 Å². The number of carbonyl (C=O) groups excluding carboxylic acids is 1. The molecular weight excluding hydrogens is 309 g/mol. The van der Waals surface area contributed by atoms with Crippen LogP contribution in [0, 0.1) is 5.82 Å². The molecule has 0 saturated carbocycles. The minimum atomic E-state index is -0.408. The summed E-state index contributed by atoms with van der Waals surface area (Å²) in [5.74, 6) is -0.670. The predicted octanol–water partition coefficient (Wildman–Crippen LogP) is 1.97. The number of halogens is 1. The van der Waals surface area contributed by atoms with Gasteiger partial charge in [-0.3, -0.25) is 9.69 Å². The Labute approximate surface area is 141 Å². The van der Waals surface area contributed by atoms with Crippen molar-refractivity contribution < 1.29 is 13.9 Å². The predicted molar refractivity (Wildman–Crippen MR) is 89.3 cm³/mol. The Morgan fingerprint density at radius 1 is 1.29 bits per heavy atom. The summed E-state index contributed by atoms with van der Waals surface area (Å²) in [4.78, 5) is 14.6. The van der Waals surface area contributed by atoms with E-state index in [9.17, 15) is 9.18 Å². The molecule has 1 saturated heterocycles. The van der Waals surface area contributed by atoms with E-state index in [0.717, 1.165) is 18.8 Å². The van der Waals surface area contributed by atoms with Crippen LogP contribution in [-0.2, 0) is 11.8 Å². The minimum Gasteiger partial charge on any atom is -0.379 e. The molecule has 1 aromatic carbocycles. The standard InChI is InChI=1S/C18H22FN3O2/c1-21-7-3-6-16(21)17(22-8-10-24-11-9-22)13-20-18(23)14-4-2-5-15(19)12-14/h2-7,12,17H,8-11,13H2,1H3,(H,20,23). The zero-order chi connectivity index (χ0) is 16.9. The smallest absolute Gasteiger partial charge is 0.251 e. The molecular formula is C18H22FN3O2. The molecule has 24 heavy (non-hydrogen) atoms. The van der Waals surface area contributed by atoms with Crippen molar-refractivity contribution in [3.05, 3.63) is 59.7 Å². The van der Waals surface area contributed by atoms with Gasteiger partial charge in [0.2, 0.25) is 0 Å². The highest BCUT2D eigenvalue weighted by atomic mass is 19.1. The van der Waals surface area contributed by atoms with Crippen molar-refractivity contribution in [2.24, 2.45) is 7.05 Å². The van der Waals surface area contributed by atoms with Crippen LogP contribution in [0.5, 0.6) is 0 Å². The molecule has 2 aromatic rings. The molecule has 1 aromatic heterocycles. The third kappa shape index (κ3) is 3.83. The molecule has 0 bridgehead atoms. The largest absolute Gasteiger partial charge is 0.379 e. The number of carbonyl (C=O) groups is 1. The lowest BCUT2D eigenvalue weighted by atomic mass is 10.1. The number of amides is 1. The van der Waals surface area contributed by atoms with E-state index in [1.54, 1.807) is 12.1 Å². The molecule has 1 fully saturated rings. The SMILES string of the molecule is Cn1cccc1C(CNC(=O)c1cccc(F)c1)N1CCOCC1. The first kappa shape index (κ1) is 16.7. The summed E-state index contributed by atoms with van der Waals surface area (Å²) in [6, 6.07) is 9.86. The normalized spacial score (nSPS) is 16.8. The average molecular weight is 331 g/mol. The molecule has 6 heteroatoms. The molecule has 128 valence electrons. The van der Waals surface area contributed by atoms with Gasteiger partial charge in [0, 0.05) is 44.1 Å². The maximum Gasteiger partial charge on any atom is 0.251 e. The number of morpholine rings is 1. The van der Waals surface area contributed by atoms with Crippen LogP contribution in [0.25, 0.3) is 0 Å². The van der Waals surface area contributed by atoms with Crippen LogP contribution in [0.3, 0.4) is 0 Å². The van der Waals surface area contributed by atoms with Gasteiger partial charge in [0.15, 0.2) is 0 Å². The van der Waals surface area contributed by atoms with Crippen molar-refractivity contribution in [3.63, 3.8) is 0 Å². The number of aryl methyl sites for hydroxylation is 1. The van der Waals surface area contributed by atoms with E-state index in [1.807, 2.05) is 19.3 Å². The van der Waals surface area contributed by atoms with Crippen LogP contribution in [0.1, 0.15) is 22.1 Å². The van der Waals surface area contributed by atoms with Gasteiger partial charge in [-0.1, -0.05) is 6.07 Å². The first-order valence-corrected chi connectivity index (χ1v) is 8.12. The Morgan fingerprint density at radius 2 is 2.08 bits per heavy atom. The van der Waals surface area contributed by atoms with Gasteiger partial charge in [-0.15, -0.1) is 0 Å². The summed E-state index contributed by atoms with van der Waals surface area (Å²) >= 11 is 0. The molecule has 0 radical (unpaired) electrons. The molecule has 0 aliphatic carbocycles. The van der Waals surface area contributed by atoms with E-state index in [1.165, 1.54) is 12.1 Å². The number of nitrogens with one attached hydrogen (secondary N) is 1. The minimum absolute atomic E-state index is 0.0615. The van der Waals surface area contributed by atoms with Crippen LogP contribution >= 0.6 is 0 Å². The number of hydrogen-bond donors (Lipinski definition) is 1. The summed E-state index contributed by atoms with van der Waals surface area (Å²) in [5, 5.41) is 2.94. The van der Waals surface area contributed by atoms with Gasteiger partial charge < -0.3 is 14.6 Å². The summed E-state index contributed by atoms with van der Waals surface area (Å²) in [7, 11) is 2.00. The van der Waals surface area contributed by atoms with Crippen LogP contribution in [0.15, 0.2) is 42.6 Å². The van der Waals surface area contributed by atoms with Crippen molar-refractivity contribution in [2.45, 2.75) is 6.04 Å². The molecule has 1 atom stereocenters. The van der Waals surface area contributed by atoms with Gasteiger partial charge in [0.25, 0.3) is 5.91 Å². The molecule has 1 N–H and O–H groups in total. The highest BCUT2D eigenvalue weighted by molar-refractivity contribution is 5.94. The molecule has 1 unspecified atom stereocenters. The number of benzene rings is 1. The van der Waals surface area contributed by atoms with E-state index in [2.05, 4.69) is 20.9 Å². The summed E-state index contributed by atoms with van der Waals surface area (Å²) in [6.07, 6.45) is 2.00. The first-order chi connectivity index (χ1) is 11.6. The lowest BCUT2D eigenvalue weighted by Gasteiger charge is -2.35. The molecule has 5 nitrogen and oxygen atoms in total. The first-order valence-electron chi connectivity index (χ1n) is 8.12. The zero-order valence-corrected chi connectivity index (χ0v) is 13.7. The Balaban J connectivity index is 1.72. The molecule has 1 amide bonds. The van der Waals surface area contributed by atoms with Gasteiger partial charge >= 0.3 is 0 Å². The summed E-state index contributed by atoms with van der Waals surface area (Å²) in [6.45, 7) is 3.50. The molecule has 1 aliphatic heterocycles. The Morgan fingerprint density at radius 3 is 2.75 bits per heavy atom. The van der Waals surface area contributed by atoms with Gasteiger partial charge in [0.05, 0.1) is 19.3 Å². The van der Waals surface area contributed by atoms with E-state index in [-0.39, 0.29) is 11.9 Å². The van der Waals surface area contributed by atoms with Crippen LogP contribution in [0.2, 0.25) is 0 Å². The molecule has 1 aliphatic rings. The van der Waals surface area contributed by atoms with Crippen molar-refractivity contribution >= 4 is 5.91 Å². The summed E-state index contributed by atoms with van der Waals surface area (Å²) < 4.78 is 20.8. The van der Waals surface area contributed by atoms with Crippen molar-refractivity contribution in [2.75, 3.05) is 32.8 Å². The van der Waals surface area contributed by atoms with Gasteiger partial charge in [-0.05, 0) is 30.3 Å². The number of hydrogen-bond acceptors (Lipinski definition) is 3. The Bertz CT molecular complexity index is 695. The third-order valence-electron chi connectivity index (χ3n) is 4.35. The topological polar surface area (TPSA) is 46.5 Å². The van der Waals surface area contributed by atoms with Gasteiger partial charge in [-0.2, -0.15) is 0 Å². The number of nitrogens with zero attached hydrogens (tertiary/aromatic N) is 2. The number of rotatable bonds is 5. The van der Waals surface area contributed by atoms with Crippen LogP contribution in [-0.4, -0.2) is 48.2 Å². The highest BCUT2D eigenvalue weighted by Gasteiger charge is 2.25. The Kier molecular flexibility index (Phi) is 5.27. The van der Waals surface area contributed by atoms with Crippen molar-refractivity contribution in [1.82, 2.24) is 14.8 Å². The maximum absolute atomic E-state index is 13.3. The zero-order valence-electron chi connectivity index (χ0n) is 13.7. The van der Waals surface area contributed by atoms with Crippen LogP contribution < -0.4 is 5.32 Å². The monoisotopic (exact) mass is 331 g/mol. The fourth-order valence-corrected chi connectivity index (χ4v) is 3.05. The number of ether oxygens (including phenoxy) is 1. The Hall–Kier alpha value is -2.18. The highest BCUT2D eigenvalue weighted by Crippen LogP contribution is 2.21. The second-order valence-electron chi connectivity index (χ2n) is 5.93. The molecule has 2 heterocycles. The maximum atomic E-state index is 13.3. The van der Waals surface area contributed by atoms with E-state index < -0.39 is 5.82 Å². The second kappa shape index (κ2) is 7.59. The molecule has 0 spiro atoms. The van der Waals surface area contributed by atoms with Crippen molar-refractivity contribution in [3.8, 4) is 0 Å². The lowest BCUT2D eigenvalue weighted by Crippen LogP contribution is -2.44. The lowest BCUT2D eigenvalue weighted by molar-refractivity contribution is 0.0148. The summed E-state index contributed by atoms with van der Waals surface area (Å²) in [5.41, 5.74) is 1.47. The second-order valence-corrected chi connectivity index (χ2v) is 5.93. The van der Waals surface area contributed by atoms with Crippen molar-refractivity contribution in [1.29, 1.82) is 0 Å². The molecule has 3 rings (SSSR count). The third-order valence-corrected chi connectivity index (χ3v) is 4.35. The van der Waals surface area contributed by atoms with Gasteiger partial charge in [-0.25, -0.2) is 4.39 Å². The van der Waals surface area contributed by atoms with Gasteiger partial charge in [0.1, 0.15) is 5.82 Å². The van der Waals surface area contributed by atoms with E-state index in [4.69, 9.17) is 4.74 Å². The average Bonchev–Trinajstić information content (AvgIpc) is 3.02. The fourth-order valence-electron chi connectivity index (χ4n) is 3.05. The van der Waals surface area contributed by atoms with E-state index >= 15 is 0 Å². The van der Waals surface area contributed by atoms with Crippen LogP contribution in [0.4, 0.5) is 4.39 Å². The quantitative estimate of drug-likeness (QED) is 0.911. The fraction of sp³-hybridized carbons (Fsp3) is 0.389. The number of aromatic nitrogens is 1.